The van der Waals surface area contributed by atoms with E-state index in [9.17, 15) is 4.39 Å². The molecule has 0 aliphatic rings. The molecule has 2 heterocycles. The molecular formula is C15H17FN4S. The van der Waals surface area contributed by atoms with Crippen LogP contribution in [0.15, 0.2) is 35.8 Å². The van der Waals surface area contributed by atoms with Crippen molar-refractivity contribution in [3.63, 3.8) is 0 Å². The van der Waals surface area contributed by atoms with Gasteiger partial charge in [0.2, 0.25) is 0 Å². The summed E-state index contributed by atoms with van der Waals surface area (Å²) < 4.78 is 15.1. The SMILES string of the molecule is CC(N)Cc1c(N(C)c2ccc(F)cc2)nc2sccn12. The van der Waals surface area contributed by atoms with E-state index in [1.807, 2.05) is 30.4 Å². The van der Waals surface area contributed by atoms with Crippen LogP contribution in [0.5, 0.6) is 0 Å². The predicted molar refractivity (Wildman–Crippen MR) is 84.9 cm³/mol. The van der Waals surface area contributed by atoms with Gasteiger partial charge in [0.1, 0.15) is 5.82 Å². The lowest BCUT2D eigenvalue weighted by Gasteiger charge is -2.19. The Balaban J connectivity index is 2.05. The number of aromatic nitrogens is 2. The van der Waals surface area contributed by atoms with Crippen molar-refractivity contribution in [2.45, 2.75) is 19.4 Å². The molecule has 1 aromatic carbocycles. The van der Waals surface area contributed by atoms with Gasteiger partial charge in [-0.1, -0.05) is 0 Å². The average Bonchev–Trinajstić information content (AvgIpc) is 3.01. The van der Waals surface area contributed by atoms with Crippen LogP contribution in [-0.2, 0) is 6.42 Å². The van der Waals surface area contributed by atoms with Crippen molar-refractivity contribution < 1.29 is 4.39 Å². The highest BCUT2D eigenvalue weighted by molar-refractivity contribution is 7.15. The van der Waals surface area contributed by atoms with E-state index in [0.717, 1.165) is 28.6 Å². The first-order chi connectivity index (χ1) is 10.1. The van der Waals surface area contributed by atoms with Crippen molar-refractivity contribution in [3.05, 3.63) is 47.4 Å². The van der Waals surface area contributed by atoms with Gasteiger partial charge in [-0.15, -0.1) is 11.3 Å². The van der Waals surface area contributed by atoms with E-state index in [2.05, 4.69) is 9.38 Å². The summed E-state index contributed by atoms with van der Waals surface area (Å²) in [6, 6.07) is 6.45. The molecule has 2 N–H and O–H groups in total. The topological polar surface area (TPSA) is 46.6 Å². The monoisotopic (exact) mass is 304 g/mol. The number of imidazole rings is 1. The average molecular weight is 304 g/mol. The number of rotatable bonds is 4. The fourth-order valence-electron chi connectivity index (χ4n) is 2.37. The second-order valence-corrected chi connectivity index (χ2v) is 6.03. The van der Waals surface area contributed by atoms with Gasteiger partial charge in [0, 0.05) is 36.8 Å². The van der Waals surface area contributed by atoms with E-state index in [-0.39, 0.29) is 11.9 Å². The van der Waals surface area contributed by atoms with Gasteiger partial charge >= 0.3 is 0 Å². The molecule has 3 aromatic rings. The quantitative estimate of drug-likeness (QED) is 0.805. The highest BCUT2D eigenvalue weighted by Crippen LogP contribution is 2.29. The summed E-state index contributed by atoms with van der Waals surface area (Å²) >= 11 is 1.59. The molecule has 1 atom stereocenters. The van der Waals surface area contributed by atoms with E-state index < -0.39 is 0 Å². The maximum absolute atomic E-state index is 13.1. The van der Waals surface area contributed by atoms with Gasteiger partial charge in [0.25, 0.3) is 0 Å². The van der Waals surface area contributed by atoms with Crippen molar-refractivity contribution >= 4 is 27.8 Å². The fourth-order valence-corrected chi connectivity index (χ4v) is 3.10. The minimum absolute atomic E-state index is 0.0465. The van der Waals surface area contributed by atoms with Crippen LogP contribution in [0.2, 0.25) is 0 Å². The highest BCUT2D eigenvalue weighted by atomic mass is 32.1. The lowest BCUT2D eigenvalue weighted by molar-refractivity contribution is 0.628. The normalized spacial score (nSPS) is 12.8. The number of halogens is 1. The van der Waals surface area contributed by atoms with Crippen molar-refractivity contribution in [3.8, 4) is 0 Å². The Morgan fingerprint density at radius 1 is 1.38 bits per heavy atom. The number of nitrogens with two attached hydrogens (primary N) is 1. The maximum atomic E-state index is 13.1. The van der Waals surface area contributed by atoms with Crippen LogP contribution < -0.4 is 10.6 Å². The summed E-state index contributed by atoms with van der Waals surface area (Å²) in [5.74, 6) is 0.625. The van der Waals surface area contributed by atoms with Crippen LogP contribution in [0.4, 0.5) is 15.9 Å². The number of hydrogen-bond donors (Lipinski definition) is 1. The van der Waals surface area contributed by atoms with Gasteiger partial charge in [-0.2, -0.15) is 0 Å². The summed E-state index contributed by atoms with van der Waals surface area (Å²) in [6.45, 7) is 1.98. The molecule has 0 amide bonds. The maximum Gasteiger partial charge on any atom is 0.195 e. The molecule has 3 rings (SSSR count). The van der Waals surface area contributed by atoms with E-state index in [1.54, 1.807) is 23.5 Å². The number of thiazole rings is 1. The summed E-state index contributed by atoms with van der Waals surface area (Å²) in [7, 11) is 1.93. The number of anilines is 2. The lowest BCUT2D eigenvalue weighted by atomic mass is 10.2. The second kappa shape index (κ2) is 5.46. The predicted octanol–water partition coefficient (Wildman–Crippen LogP) is 3.19. The molecule has 0 fully saturated rings. The number of fused-ring (bicyclic) bond motifs is 1. The van der Waals surface area contributed by atoms with Gasteiger partial charge < -0.3 is 10.6 Å². The third kappa shape index (κ3) is 2.64. The Kier molecular flexibility index (Phi) is 3.65. The zero-order valence-electron chi connectivity index (χ0n) is 12.0. The Bertz CT molecular complexity index is 745. The lowest BCUT2D eigenvalue weighted by Crippen LogP contribution is -2.21. The summed E-state index contributed by atoms with van der Waals surface area (Å²) in [5.41, 5.74) is 7.94. The standard InChI is InChI=1S/C15H17FN4S/c1-10(17)9-13-14(18-15-20(13)7-8-21-15)19(2)12-5-3-11(16)4-6-12/h3-8,10H,9,17H2,1-2H3. The van der Waals surface area contributed by atoms with Crippen LogP contribution in [0.3, 0.4) is 0 Å². The molecule has 1 unspecified atom stereocenters. The first kappa shape index (κ1) is 14.0. The first-order valence-corrected chi connectivity index (χ1v) is 7.63. The Labute approximate surface area is 126 Å². The second-order valence-electron chi connectivity index (χ2n) is 5.15. The van der Waals surface area contributed by atoms with Gasteiger partial charge in [-0.25, -0.2) is 9.37 Å². The third-order valence-corrected chi connectivity index (χ3v) is 4.14. The Morgan fingerprint density at radius 3 is 2.76 bits per heavy atom. The van der Waals surface area contributed by atoms with Crippen LogP contribution in [0, 0.1) is 5.82 Å². The van der Waals surface area contributed by atoms with E-state index in [0.29, 0.717) is 0 Å². The molecule has 2 aromatic heterocycles. The van der Waals surface area contributed by atoms with Crippen molar-refractivity contribution in [1.29, 1.82) is 0 Å². The zero-order valence-corrected chi connectivity index (χ0v) is 12.8. The third-order valence-electron chi connectivity index (χ3n) is 3.39. The van der Waals surface area contributed by atoms with E-state index >= 15 is 0 Å². The molecule has 0 bridgehead atoms. The zero-order chi connectivity index (χ0) is 15.0. The minimum Gasteiger partial charge on any atom is -0.328 e. The molecule has 21 heavy (non-hydrogen) atoms. The van der Waals surface area contributed by atoms with Crippen LogP contribution >= 0.6 is 11.3 Å². The molecule has 0 saturated carbocycles. The van der Waals surface area contributed by atoms with Crippen LogP contribution in [0.1, 0.15) is 12.6 Å². The number of benzene rings is 1. The smallest absolute Gasteiger partial charge is 0.195 e. The molecule has 0 saturated heterocycles. The summed E-state index contributed by atoms with van der Waals surface area (Å²) in [4.78, 5) is 7.59. The molecular weight excluding hydrogens is 287 g/mol. The van der Waals surface area contributed by atoms with E-state index in [1.165, 1.54) is 12.1 Å². The van der Waals surface area contributed by atoms with Crippen molar-refractivity contribution in [2.75, 3.05) is 11.9 Å². The number of hydrogen-bond acceptors (Lipinski definition) is 4. The summed E-state index contributed by atoms with van der Waals surface area (Å²) in [6.07, 6.45) is 2.74. The van der Waals surface area contributed by atoms with Gasteiger partial charge in [0.15, 0.2) is 10.8 Å². The molecule has 110 valence electrons. The van der Waals surface area contributed by atoms with E-state index in [4.69, 9.17) is 5.73 Å². The number of nitrogens with zero attached hydrogens (tertiary/aromatic N) is 3. The summed E-state index contributed by atoms with van der Waals surface area (Å²) in [5, 5.41) is 2.01. The van der Waals surface area contributed by atoms with Gasteiger partial charge in [0.05, 0.1) is 5.69 Å². The minimum atomic E-state index is -0.242. The highest BCUT2D eigenvalue weighted by Gasteiger charge is 2.18. The van der Waals surface area contributed by atoms with Crippen LogP contribution in [0.25, 0.3) is 4.96 Å². The van der Waals surface area contributed by atoms with Crippen LogP contribution in [-0.4, -0.2) is 22.5 Å². The molecule has 0 spiro atoms. The molecule has 0 aliphatic heterocycles. The van der Waals surface area contributed by atoms with Gasteiger partial charge in [-0.05, 0) is 31.2 Å². The molecule has 0 aliphatic carbocycles. The fraction of sp³-hybridized carbons (Fsp3) is 0.267. The van der Waals surface area contributed by atoms with Gasteiger partial charge in [-0.3, -0.25) is 4.40 Å². The molecule has 6 heteroatoms. The van der Waals surface area contributed by atoms with Crippen molar-refractivity contribution in [2.24, 2.45) is 5.73 Å². The molecule has 0 radical (unpaired) electrons. The largest absolute Gasteiger partial charge is 0.328 e. The first-order valence-electron chi connectivity index (χ1n) is 6.75. The Hall–Kier alpha value is -1.92. The Morgan fingerprint density at radius 2 is 2.10 bits per heavy atom. The molecule has 4 nitrogen and oxygen atoms in total. The van der Waals surface area contributed by atoms with Crippen molar-refractivity contribution in [1.82, 2.24) is 9.38 Å².